The van der Waals surface area contributed by atoms with Gasteiger partial charge in [0.15, 0.2) is 0 Å². The molecule has 0 N–H and O–H groups in total. The van der Waals surface area contributed by atoms with E-state index in [1.54, 1.807) is 24.3 Å². The van der Waals surface area contributed by atoms with Gasteiger partial charge < -0.3 is 35.8 Å². The maximum Gasteiger partial charge on any atom is 2.00 e. The molecule has 23 heavy (non-hydrogen) atoms. The Morgan fingerprint density at radius 1 is 0.739 bits per heavy atom. The average Bonchev–Trinajstić information content (AvgIpc) is 2.48. The summed E-state index contributed by atoms with van der Waals surface area (Å²) in [4.78, 5) is 11.8. The minimum absolute atomic E-state index is 0. The van der Waals surface area contributed by atoms with E-state index in [9.17, 15) is 9.46 Å². The molecule has 120 valence electrons. The fourth-order valence-electron chi connectivity index (χ4n) is 1.55. The van der Waals surface area contributed by atoms with E-state index in [1.165, 1.54) is 38.5 Å². The molecule has 0 saturated heterocycles. The first-order valence-corrected chi connectivity index (χ1v) is 7.47. The van der Waals surface area contributed by atoms with Crippen LogP contribution in [0.4, 0.5) is 0 Å². The molecule has 9 heteroatoms. The number of methoxy groups -OCH3 is 2. The molecule has 0 fully saturated rings. The van der Waals surface area contributed by atoms with Gasteiger partial charge in [-0.15, -0.1) is 0 Å². The van der Waals surface area contributed by atoms with Gasteiger partial charge in [-0.2, -0.15) is 0 Å². The molecule has 0 amide bonds. The average molecular weight is 369 g/mol. The third kappa shape index (κ3) is 6.89. The molecule has 2 rings (SSSR count). The summed E-state index contributed by atoms with van der Waals surface area (Å²) in [6, 6.07) is 12.2. The first-order valence-electron chi connectivity index (χ1n) is 6.01. The number of phosphoric acid groups is 1. The zero-order chi connectivity index (χ0) is 15.3. The van der Waals surface area contributed by atoms with E-state index in [0.29, 0.717) is 11.5 Å². The van der Waals surface area contributed by atoms with Gasteiger partial charge in [0.1, 0.15) is 23.0 Å². The predicted molar refractivity (Wildman–Crippen MR) is 80.6 cm³/mol. The SMILES string of the molecule is COc1ccc(OP(=O)([O-])Oc2ccc(OC)cc2)cc1.[Cl-].[Mg+2]. The molecule has 0 aliphatic rings. The van der Waals surface area contributed by atoms with Gasteiger partial charge in [-0.1, -0.05) is 0 Å². The van der Waals surface area contributed by atoms with Gasteiger partial charge in [0.05, 0.1) is 14.2 Å². The number of halogens is 1. The topological polar surface area (TPSA) is 77.1 Å². The van der Waals surface area contributed by atoms with Crippen molar-refractivity contribution in [2.75, 3.05) is 14.2 Å². The fraction of sp³-hybridized carbons (Fsp3) is 0.143. The summed E-state index contributed by atoms with van der Waals surface area (Å²) in [6.45, 7) is 0. The van der Waals surface area contributed by atoms with Gasteiger partial charge in [0, 0.05) is 0 Å². The number of phosphoric ester groups is 1. The van der Waals surface area contributed by atoms with E-state index >= 15 is 0 Å². The van der Waals surface area contributed by atoms with Gasteiger partial charge >= 0.3 is 30.9 Å². The fourth-order valence-corrected chi connectivity index (χ4v) is 2.35. The third-order valence-electron chi connectivity index (χ3n) is 2.55. The Balaban J connectivity index is 0.00000242. The van der Waals surface area contributed by atoms with Gasteiger partial charge in [-0.3, -0.25) is 0 Å². The number of ether oxygens (including phenoxy) is 2. The van der Waals surface area contributed by atoms with Crippen molar-refractivity contribution in [3.8, 4) is 23.0 Å². The molecule has 0 aliphatic heterocycles. The van der Waals surface area contributed by atoms with E-state index in [2.05, 4.69) is 0 Å². The van der Waals surface area contributed by atoms with Crippen LogP contribution >= 0.6 is 7.82 Å². The molecule has 6 nitrogen and oxygen atoms in total. The third-order valence-corrected chi connectivity index (χ3v) is 3.42. The van der Waals surface area contributed by atoms with Crippen LogP contribution in [0.15, 0.2) is 48.5 Å². The number of benzene rings is 2. The van der Waals surface area contributed by atoms with Crippen molar-refractivity contribution in [1.82, 2.24) is 0 Å². The van der Waals surface area contributed by atoms with E-state index in [4.69, 9.17) is 18.5 Å². The van der Waals surface area contributed by atoms with Crippen LogP contribution in [-0.2, 0) is 4.57 Å². The van der Waals surface area contributed by atoms with Crippen LogP contribution in [0.2, 0.25) is 0 Å². The molecule has 0 aromatic heterocycles. The van der Waals surface area contributed by atoms with Crippen molar-refractivity contribution in [2.24, 2.45) is 0 Å². The Labute approximate surface area is 156 Å². The van der Waals surface area contributed by atoms with Crippen LogP contribution in [0.25, 0.3) is 0 Å². The molecule has 2 aromatic carbocycles. The van der Waals surface area contributed by atoms with Crippen molar-refractivity contribution < 1.29 is 40.4 Å². The Hall–Kier alpha value is -1.11. The Morgan fingerprint density at radius 2 is 1.00 bits per heavy atom. The zero-order valence-corrected chi connectivity index (χ0v) is 15.7. The maximum atomic E-state index is 11.8. The molecule has 0 aliphatic carbocycles. The Kier molecular flexibility index (Phi) is 9.42. The first kappa shape index (κ1) is 21.9. The van der Waals surface area contributed by atoms with Crippen LogP contribution in [0.1, 0.15) is 0 Å². The molecule has 0 heterocycles. The van der Waals surface area contributed by atoms with Crippen LogP contribution in [0.3, 0.4) is 0 Å². The first-order chi connectivity index (χ1) is 10.0. The summed E-state index contributed by atoms with van der Waals surface area (Å²) < 4.78 is 31.4. The minimum atomic E-state index is -4.52. The molecular weight excluding hydrogens is 355 g/mol. The van der Waals surface area contributed by atoms with Gasteiger partial charge in [0.25, 0.3) is 0 Å². The standard InChI is InChI=1S/C14H15O6P.ClH.Mg/c1-17-11-3-7-13(8-4-11)19-21(15,16)20-14-9-5-12(18-2)6-10-14;;/h3-10H,1-2H3,(H,15,16);1H;/q;;+2/p-2. The van der Waals surface area contributed by atoms with E-state index in [0.717, 1.165) is 0 Å². The summed E-state index contributed by atoms with van der Waals surface area (Å²) in [6.07, 6.45) is 0. The van der Waals surface area contributed by atoms with Crippen LogP contribution in [0.5, 0.6) is 23.0 Å². The summed E-state index contributed by atoms with van der Waals surface area (Å²) in [5.74, 6) is 1.48. The van der Waals surface area contributed by atoms with Crippen LogP contribution in [-0.4, -0.2) is 37.3 Å². The Morgan fingerprint density at radius 3 is 1.26 bits per heavy atom. The maximum absolute atomic E-state index is 11.8. The quantitative estimate of drug-likeness (QED) is 0.493. The molecule has 0 spiro atoms. The van der Waals surface area contributed by atoms with E-state index < -0.39 is 7.82 Å². The largest absolute Gasteiger partial charge is 2.00 e. The summed E-state index contributed by atoms with van der Waals surface area (Å²) in [5.41, 5.74) is 0. The number of hydrogen-bond acceptors (Lipinski definition) is 6. The summed E-state index contributed by atoms with van der Waals surface area (Å²) in [5, 5.41) is 0. The second kappa shape index (κ2) is 9.90. The molecule has 0 radical (unpaired) electrons. The number of rotatable bonds is 6. The predicted octanol–water partition coefficient (Wildman–Crippen LogP) is -0.747. The second-order valence-corrected chi connectivity index (χ2v) is 5.24. The minimum Gasteiger partial charge on any atom is -1.00 e. The van der Waals surface area contributed by atoms with Crippen molar-refractivity contribution in [2.45, 2.75) is 0 Å². The van der Waals surface area contributed by atoms with E-state index in [1.807, 2.05) is 0 Å². The molecule has 0 bridgehead atoms. The second-order valence-electron chi connectivity index (χ2n) is 3.98. The van der Waals surface area contributed by atoms with Gasteiger partial charge in [-0.25, -0.2) is 4.57 Å². The van der Waals surface area contributed by atoms with Gasteiger partial charge in [-0.05, 0) is 48.5 Å². The van der Waals surface area contributed by atoms with Crippen LogP contribution < -0.4 is 35.8 Å². The van der Waals surface area contributed by atoms with E-state index in [-0.39, 0.29) is 47.0 Å². The molecule has 2 aromatic rings. The summed E-state index contributed by atoms with van der Waals surface area (Å²) >= 11 is 0. The zero-order valence-electron chi connectivity index (χ0n) is 12.6. The smallest absolute Gasteiger partial charge is 1.00 e. The van der Waals surface area contributed by atoms with Crippen molar-refractivity contribution in [3.05, 3.63) is 48.5 Å². The molecule has 0 unspecified atom stereocenters. The molecular formula is C14H14ClMgO6P. The Bertz CT molecular complexity index is 581. The van der Waals surface area contributed by atoms with Crippen molar-refractivity contribution >= 4 is 30.9 Å². The van der Waals surface area contributed by atoms with Crippen LogP contribution in [0, 0.1) is 0 Å². The van der Waals surface area contributed by atoms with Gasteiger partial charge in [0.2, 0.25) is 0 Å². The molecule has 0 atom stereocenters. The normalized spacial score (nSPS) is 9.87. The monoisotopic (exact) mass is 368 g/mol. The summed E-state index contributed by atoms with van der Waals surface area (Å²) in [7, 11) is -1.49. The molecule has 0 saturated carbocycles. The van der Waals surface area contributed by atoms with Crippen molar-refractivity contribution in [3.63, 3.8) is 0 Å². The number of hydrogen-bond donors (Lipinski definition) is 0. The van der Waals surface area contributed by atoms with Crippen molar-refractivity contribution in [1.29, 1.82) is 0 Å².